The maximum atomic E-state index is 13.5. The molecule has 0 atom stereocenters. The van der Waals surface area contributed by atoms with Crippen LogP contribution >= 0.6 is 0 Å². The number of carbonyl (C=O) groups is 3. The first-order valence-corrected chi connectivity index (χ1v) is 11.0. The number of carbonyl (C=O) groups excluding carboxylic acids is 3. The van der Waals surface area contributed by atoms with E-state index in [2.05, 4.69) is 4.98 Å². The summed E-state index contributed by atoms with van der Waals surface area (Å²) in [6, 6.07) is 8.82. The molecule has 0 saturated heterocycles. The number of hydrogen-bond donors (Lipinski definition) is 0. The van der Waals surface area contributed by atoms with Crippen LogP contribution < -0.4 is 0 Å². The van der Waals surface area contributed by atoms with Crippen molar-refractivity contribution < 1.29 is 28.8 Å². The molecule has 0 aliphatic carbocycles. The predicted octanol–water partition coefficient (Wildman–Crippen LogP) is 3.90. The Hall–Kier alpha value is -4.34. The zero-order chi connectivity index (χ0) is 25.7. The Bertz CT molecular complexity index is 1190. The molecule has 0 saturated carbocycles. The molecule has 10 heteroatoms. The molecule has 1 amide bonds. The minimum absolute atomic E-state index is 0.0123. The van der Waals surface area contributed by atoms with Gasteiger partial charge in [0.2, 0.25) is 0 Å². The quantitative estimate of drug-likeness (QED) is 0.332. The van der Waals surface area contributed by atoms with Crippen molar-refractivity contribution in [2.75, 3.05) is 13.2 Å². The Morgan fingerprint density at radius 1 is 1.00 bits per heavy atom. The van der Waals surface area contributed by atoms with Crippen LogP contribution in [0.1, 0.15) is 49.5 Å². The van der Waals surface area contributed by atoms with Gasteiger partial charge in [-0.25, -0.2) is 9.59 Å². The lowest BCUT2D eigenvalue weighted by atomic mass is 9.79. The molecule has 182 valence electrons. The third kappa shape index (κ3) is 4.96. The van der Waals surface area contributed by atoms with Crippen molar-refractivity contribution in [1.29, 1.82) is 0 Å². The number of aromatic nitrogens is 1. The maximum absolute atomic E-state index is 13.5. The standard InChI is InChI=1S/C25H25N3O7/c1-5-34-24(30)20-15(3)27(23(29)18-10-8-12-26-14-18)16(4)21(25(31)35-6-2)22(20)17-9-7-11-19(13-17)28(32)33/h7-14,22H,5-6H2,1-4H3. The number of allylic oxidation sites excluding steroid dienone is 2. The number of nitro groups is 1. The van der Waals surface area contributed by atoms with Gasteiger partial charge in [-0.05, 0) is 45.4 Å². The molecule has 0 unspecified atom stereocenters. The van der Waals surface area contributed by atoms with Crippen molar-refractivity contribution >= 4 is 23.5 Å². The van der Waals surface area contributed by atoms with Crippen LogP contribution in [-0.4, -0.2) is 45.9 Å². The van der Waals surface area contributed by atoms with Crippen LogP contribution in [0, 0.1) is 10.1 Å². The largest absolute Gasteiger partial charge is 0.463 e. The molecule has 1 aliphatic rings. The molecule has 1 aliphatic heterocycles. The highest BCUT2D eigenvalue weighted by atomic mass is 16.6. The predicted molar refractivity (Wildman–Crippen MR) is 125 cm³/mol. The van der Waals surface area contributed by atoms with Gasteiger partial charge in [0, 0.05) is 35.9 Å². The number of benzene rings is 1. The second-order valence-corrected chi connectivity index (χ2v) is 7.61. The summed E-state index contributed by atoms with van der Waals surface area (Å²) < 4.78 is 10.6. The van der Waals surface area contributed by atoms with Crippen molar-refractivity contribution in [3.05, 3.63) is 92.6 Å². The highest BCUT2D eigenvalue weighted by molar-refractivity contribution is 6.04. The Balaban J connectivity index is 2.33. The number of rotatable bonds is 7. The number of pyridine rings is 1. The van der Waals surface area contributed by atoms with Gasteiger partial charge in [0.1, 0.15) is 0 Å². The van der Waals surface area contributed by atoms with Gasteiger partial charge in [-0.1, -0.05) is 12.1 Å². The van der Waals surface area contributed by atoms with Crippen molar-refractivity contribution in [3.63, 3.8) is 0 Å². The third-order valence-electron chi connectivity index (χ3n) is 5.54. The average molecular weight is 479 g/mol. The molecule has 0 bridgehead atoms. The zero-order valence-corrected chi connectivity index (χ0v) is 19.8. The molecule has 3 rings (SSSR count). The number of hydrogen-bond acceptors (Lipinski definition) is 8. The second kappa shape index (κ2) is 10.7. The molecule has 2 heterocycles. The summed E-state index contributed by atoms with van der Waals surface area (Å²) in [4.78, 5) is 56.0. The summed E-state index contributed by atoms with van der Waals surface area (Å²) >= 11 is 0. The van der Waals surface area contributed by atoms with Crippen molar-refractivity contribution in [2.45, 2.75) is 33.6 Å². The van der Waals surface area contributed by atoms with Gasteiger partial charge in [0.05, 0.1) is 40.8 Å². The molecule has 2 aromatic rings. The molecule has 1 aromatic carbocycles. The van der Waals surface area contributed by atoms with E-state index in [4.69, 9.17) is 9.47 Å². The fourth-order valence-electron chi connectivity index (χ4n) is 4.08. The van der Waals surface area contributed by atoms with E-state index in [9.17, 15) is 24.5 Å². The van der Waals surface area contributed by atoms with Gasteiger partial charge in [0.25, 0.3) is 11.6 Å². The van der Waals surface area contributed by atoms with E-state index in [1.165, 1.54) is 35.5 Å². The van der Waals surface area contributed by atoms with E-state index in [1.54, 1.807) is 45.9 Å². The number of nitro benzene ring substituents is 1. The van der Waals surface area contributed by atoms with Gasteiger partial charge in [-0.3, -0.25) is 24.8 Å². The number of nitrogens with zero attached hydrogens (tertiary/aromatic N) is 3. The molecular formula is C25H25N3O7. The lowest BCUT2D eigenvalue weighted by Gasteiger charge is -2.36. The normalized spacial score (nSPS) is 14.1. The summed E-state index contributed by atoms with van der Waals surface area (Å²) in [5, 5.41) is 11.4. The molecule has 0 N–H and O–H groups in total. The molecule has 0 radical (unpaired) electrons. The molecule has 0 fully saturated rings. The summed E-state index contributed by atoms with van der Waals surface area (Å²) in [6.45, 7) is 6.49. The maximum Gasteiger partial charge on any atom is 0.336 e. The molecule has 0 spiro atoms. The van der Waals surface area contributed by atoms with Crippen LogP contribution in [0.5, 0.6) is 0 Å². The first-order valence-electron chi connectivity index (χ1n) is 11.0. The van der Waals surface area contributed by atoms with Crippen LogP contribution in [-0.2, 0) is 19.1 Å². The van der Waals surface area contributed by atoms with Crippen molar-refractivity contribution in [1.82, 2.24) is 9.88 Å². The van der Waals surface area contributed by atoms with Crippen LogP contribution in [0.15, 0.2) is 71.3 Å². The topological polar surface area (TPSA) is 129 Å². The van der Waals surface area contributed by atoms with Crippen LogP contribution in [0.4, 0.5) is 5.69 Å². The molecular weight excluding hydrogens is 454 g/mol. The molecule has 10 nitrogen and oxygen atoms in total. The van der Waals surface area contributed by atoms with E-state index in [0.717, 1.165) is 0 Å². The Morgan fingerprint density at radius 2 is 1.60 bits per heavy atom. The van der Waals surface area contributed by atoms with Crippen LogP contribution in [0.2, 0.25) is 0 Å². The monoisotopic (exact) mass is 479 g/mol. The fourth-order valence-corrected chi connectivity index (χ4v) is 4.08. The summed E-state index contributed by atoms with van der Waals surface area (Å²) in [5.41, 5.74) is 0.845. The lowest BCUT2D eigenvalue weighted by molar-refractivity contribution is -0.384. The molecule has 1 aromatic heterocycles. The third-order valence-corrected chi connectivity index (χ3v) is 5.54. The smallest absolute Gasteiger partial charge is 0.336 e. The summed E-state index contributed by atoms with van der Waals surface area (Å²) in [7, 11) is 0. The first kappa shape index (κ1) is 25.3. The Kier molecular flexibility index (Phi) is 7.75. The van der Waals surface area contributed by atoms with Crippen LogP contribution in [0.3, 0.4) is 0 Å². The molecule has 35 heavy (non-hydrogen) atoms. The Morgan fingerprint density at radius 3 is 2.09 bits per heavy atom. The number of amides is 1. The summed E-state index contributed by atoms with van der Waals surface area (Å²) in [6.07, 6.45) is 2.90. The van der Waals surface area contributed by atoms with Gasteiger partial charge >= 0.3 is 11.9 Å². The van der Waals surface area contributed by atoms with Crippen molar-refractivity contribution in [2.24, 2.45) is 0 Å². The number of non-ortho nitro benzene ring substituents is 1. The average Bonchev–Trinajstić information content (AvgIpc) is 2.84. The highest BCUT2D eigenvalue weighted by Gasteiger charge is 2.42. The minimum atomic E-state index is -1.05. The fraction of sp³-hybridized carbons (Fsp3) is 0.280. The van der Waals surface area contributed by atoms with Crippen LogP contribution in [0.25, 0.3) is 0 Å². The van der Waals surface area contributed by atoms with E-state index in [-0.39, 0.29) is 47.0 Å². The lowest BCUT2D eigenvalue weighted by Crippen LogP contribution is -2.38. The SMILES string of the molecule is CCOC(=O)C1=C(C)N(C(=O)c2cccnc2)C(C)=C(C(=O)OCC)C1c1cccc([N+](=O)[O-])c1. The number of ether oxygens (including phenoxy) is 2. The second-order valence-electron chi connectivity index (χ2n) is 7.61. The highest BCUT2D eigenvalue weighted by Crippen LogP contribution is 2.44. The Labute approximate surface area is 202 Å². The van der Waals surface area contributed by atoms with E-state index < -0.39 is 28.7 Å². The number of esters is 2. The van der Waals surface area contributed by atoms with Gasteiger partial charge in [-0.15, -0.1) is 0 Å². The van der Waals surface area contributed by atoms with E-state index in [1.807, 2.05) is 0 Å². The van der Waals surface area contributed by atoms with Gasteiger partial charge in [-0.2, -0.15) is 0 Å². The minimum Gasteiger partial charge on any atom is -0.463 e. The van der Waals surface area contributed by atoms with Gasteiger partial charge < -0.3 is 9.47 Å². The van der Waals surface area contributed by atoms with E-state index in [0.29, 0.717) is 5.56 Å². The van der Waals surface area contributed by atoms with E-state index >= 15 is 0 Å². The summed E-state index contributed by atoms with van der Waals surface area (Å²) in [5.74, 6) is -3.06. The first-order chi connectivity index (χ1) is 16.7. The zero-order valence-electron chi connectivity index (χ0n) is 19.8. The van der Waals surface area contributed by atoms with Crippen molar-refractivity contribution in [3.8, 4) is 0 Å². The van der Waals surface area contributed by atoms with Gasteiger partial charge in [0.15, 0.2) is 0 Å².